The first-order chi connectivity index (χ1) is 8.27. The van der Waals surface area contributed by atoms with Gasteiger partial charge in [0, 0.05) is 18.7 Å². The van der Waals surface area contributed by atoms with Crippen molar-refractivity contribution in [2.24, 2.45) is 5.92 Å². The number of ether oxygens (including phenoxy) is 1. The van der Waals surface area contributed by atoms with Gasteiger partial charge in [0.05, 0.1) is 6.61 Å². The number of nitrogens with zero attached hydrogens (tertiary/aromatic N) is 1. The molecule has 92 valence electrons. The van der Waals surface area contributed by atoms with Crippen LogP contribution in [0.5, 0.6) is 5.88 Å². The molecule has 0 aromatic carbocycles. The largest absolute Gasteiger partial charge is 0.477 e. The number of nitrogens with one attached hydrogen (secondary N) is 1. The van der Waals surface area contributed by atoms with Gasteiger partial charge in [-0.1, -0.05) is 0 Å². The Kier molecular flexibility index (Phi) is 3.93. The number of hydrogen-bond donors (Lipinski definition) is 2. The molecule has 1 fully saturated rings. The summed E-state index contributed by atoms with van der Waals surface area (Å²) in [5, 5.41) is 12.3. The molecule has 1 aliphatic heterocycles. The molecule has 5 nitrogen and oxygen atoms in total. The average molecular weight is 236 g/mol. The molecule has 2 rings (SSSR count). The topological polar surface area (TPSA) is 71.5 Å². The first-order valence-corrected chi connectivity index (χ1v) is 5.79. The molecule has 0 aliphatic carbocycles. The Balaban J connectivity index is 1.96. The molecule has 0 spiro atoms. The van der Waals surface area contributed by atoms with Crippen LogP contribution in [0.3, 0.4) is 0 Å². The van der Waals surface area contributed by atoms with Gasteiger partial charge in [-0.25, -0.2) is 9.78 Å². The summed E-state index contributed by atoms with van der Waals surface area (Å²) in [6.07, 6.45) is 3.80. The summed E-state index contributed by atoms with van der Waals surface area (Å²) in [6.45, 7) is 2.50. The Bertz CT molecular complexity index is 389. The smallest absolute Gasteiger partial charge is 0.341 e. The highest BCUT2D eigenvalue weighted by atomic mass is 16.5. The second-order valence-corrected chi connectivity index (χ2v) is 4.18. The molecule has 17 heavy (non-hydrogen) atoms. The van der Waals surface area contributed by atoms with Crippen molar-refractivity contribution >= 4 is 5.97 Å². The Morgan fingerprint density at radius 3 is 3.24 bits per heavy atom. The third kappa shape index (κ3) is 3.17. The van der Waals surface area contributed by atoms with E-state index in [-0.39, 0.29) is 11.4 Å². The maximum Gasteiger partial charge on any atom is 0.341 e. The van der Waals surface area contributed by atoms with Crippen molar-refractivity contribution in [3.8, 4) is 5.88 Å². The van der Waals surface area contributed by atoms with Crippen LogP contribution in [0.1, 0.15) is 23.2 Å². The van der Waals surface area contributed by atoms with Gasteiger partial charge in [-0.2, -0.15) is 0 Å². The normalized spacial score (nSPS) is 19.9. The summed E-state index contributed by atoms with van der Waals surface area (Å²) in [5.74, 6) is -0.354. The third-order valence-corrected chi connectivity index (χ3v) is 2.86. The van der Waals surface area contributed by atoms with E-state index in [9.17, 15) is 4.79 Å². The maximum absolute atomic E-state index is 10.9. The number of aromatic carboxylic acids is 1. The van der Waals surface area contributed by atoms with Gasteiger partial charge in [0.15, 0.2) is 0 Å². The first kappa shape index (κ1) is 11.9. The van der Waals surface area contributed by atoms with Gasteiger partial charge in [0.1, 0.15) is 5.56 Å². The molecule has 1 atom stereocenters. The fourth-order valence-corrected chi connectivity index (χ4v) is 1.93. The quantitative estimate of drug-likeness (QED) is 0.820. The lowest BCUT2D eigenvalue weighted by Crippen LogP contribution is -2.33. The summed E-state index contributed by atoms with van der Waals surface area (Å²) < 4.78 is 5.51. The molecule has 1 aliphatic rings. The van der Waals surface area contributed by atoms with Crippen LogP contribution in [0.4, 0.5) is 0 Å². The summed E-state index contributed by atoms with van der Waals surface area (Å²) in [7, 11) is 0. The van der Waals surface area contributed by atoms with E-state index in [4.69, 9.17) is 9.84 Å². The van der Waals surface area contributed by atoms with Gasteiger partial charge in [0.2, 0.25) is 5.88 Å². The molecule has 2 N–H and O–H groups in total. The number of piperidine rings is 1. The first-order valence-electron chi connectivity index (χ1n) is 5.79. The molecule has 0 amide bonds. The zero-order valence-corrected chi connectivity index (χ0v) is 9.56. The Labute approximate surface area is 99.8 Å². The van der Waals surface area contributed by atoms with E-state index in [1.807, 2.05) is 0 Å². The minimum atomic E-state index is -1.00. The van der Waals surface area contributed by atoms with Crippen molar-refractivity contribution in [1.82, 2.24) is 10.3 Å². The number of carboxylic acids is 1. The van der Waals surface area contributed by atoms with Gasteiger partial charge < -0.3 is 15.2 Å². The Morgan fingerprint density at radius 1 is 1.65 bits per heavy atom. The highest BCUT2D eigenvalue weighted by Crippen LogP contribution is 2.17. The molecule has 0 bridgehead atoms. The predicted molar refractivity (Wildman–Crippen MR) is 62.3 cm³/mol. The van der Waals surface area contributed by atoms with E-state index in [1.165, 1.54) is 6.07 Å². The van der Waals surface area contributed by atoms with Crippen LogP contribution in [0.15, 0.2) is 18.3 Å². The number of hydrogen-bond acceptors (Lipinski definition) is 4. The second-order valence-electron chi connectivity index (χ2n) is 4.18. The highest BCUT2D eigenvalue weighted by molar-refractivity contribution is 5.90. The van der Waals surface area contributed by atoms with Crippen molar-refractivity contribution in [2.45, 2.75) is 12.8 Å². The molecule has 1 aromatic heterocycles. The van der Waals surface area contributed by atoms with E-state index < -0.39 is 5.97 Å². The molecule has 5 heteroatoms. The summed E-state index contributed by atoms with van der Waals surface area (Å²) in [6, 6.07) is 3.10. The molecular weight excluding hydrogens is 220 g/mol. The molecule has 0 saturated carbocycles. The number of aromatic nitrogens is 1. The van der Waals surface area contributed by atoms with Crippen LogP contribution in [-0.4, -0.2) is 35.8 Å². The Hall–Kier alpha value is -1.62. The van der Waals surface area contributed by atoms with Gasteiger partial charge in [-0.3, -0.25) is 0 Å². The van der Waals surface area contributed by atoms with Crippen LogP contribution < -0.4 is 10.1 Å². The van der Waals surface area contributed by atoms with Crippen LogP contribution >= 0.6 is 0 Å². The zero-order valence-electron chi connectivity index (χ0n) is 9.56. The fourth-order valence-electron chi connectivity index (χ4n) is 1.93. The SMILES string of the molecule is O=C(O)c1cccnc1OCC1CCCNC1. The molecule has 0 radical (unpaired) electrons. The standard InChI is InChI=1S/C12H16N2O3/c15-12(16)10-4-2-6-14-11(10)17-8-9-3-1-5-13-7-9/h2,4,6,9,13H,1,3,5,7-8H2,(H,15,16). The van der Waals surface area contributed by atoms with E-state index >= 15 is 0 Å². The molecule has 1 unspecified atom stereocenters. The molecule has 1 saturated heterocycles. The lowest BCUT2D eigenvalue weighted by molar-refractivity contribution is 0.0689. The van der Waals surface area contributed by atoms with Gasteiger partial charge in [-0.05, 0) is 31.5 Å². The van der Waals surface area contributed by atoms with Crippen LogP contribution in [0, 0.1) is 5.92 Å². The highest BCUT2D eigenvalue weighted by Gasteiger charge is 2.16. The van der Waals surface area contributed by atoms with Crippen molar-refractivity contribution < 1.29 is 14.6 Å². The number of rotatable bonds is 4. The number of carbonyl (C=O) groups is 1. The monoisotopic (exact) mass is 236 g/mol. The lowest BCUT2D eigenvalue weighted by atomic mass is 10.0. The molecule has 1 aromatic rings. The molecular formula is C12H16N2O3. The van der Waals surface area contributed by atoms with Crippen molar-refractivity contribution in [2.75, 3.05) is 19.7 Å². The Morgan fingerprint density at radius 2 is 2.53 bits per heavy atom. The van der Waals surface area contributed by atoms with Crippen LogP contribution in [0.2, 0.25) is 0 Å². The minimum absolute atomic E-state index is 0.122. The summed E-state index contributed by atoms with van der Waals surface area (Å²) in [4.78, 5) is 14.9. The summed E-state index contributed by atoms with van der Waals surface area (Å²) >= 11 is 0. The van der Waals surface area contributed by atoms with Gasteiger partial charge in [0.25, 0.3) is 0 Å². The maximum atomic E-state index is 10.9. The predicted octanol–water partition coefficient (Wildman–Crippen LogP) is 1.16. The van der Waals surface area contributed by atoms with E-state index in [0.29, 0.717) is 12.5 Å². The molecule has 2 heterocycles. The zero-order chi connectivity index (χ0) is 12.1. The third-order valence-electron chi connectivity index (χ3n) is 2.86. The van der Waals surface area contributed by atoms with Crippen molar-refractivity contribution in [3.05, 3.63) is 23.9 Å². The van der Waals surface area contributed by atoms with Gasteiger partial charge >= 0.3 is 5.97 Å². The average Bonchev–Trinajstić information content (AvgIpc) is 2.38. The van der Waals surface area contributed by atoms with E-state index in [2.05, 4.69) is 10.3 Å². The fraction of sp³-hybridized carbons (Fsp3) is 0.500. The minimum Gasteiger partial charge on any atom is -0.477 e. The number of pyridine rings is 1. The van der Waals surface area contributed by atoms with Crippen molar-refractivity contribution in [3.63, 3.8) is 0 Å². The lowest BCUT2D eigenvalue weighted by Gasteiger charge is -2.22. The van der Waals surface area contributed by atoms with E-state index in [1.54, 1.807) is 12.3 Å². The summed E-state index contributed by atoms with van der Waals surface area (Å²) in [5.41, 5.74) is 0.122. The van der Waals surface area contributed by atoms with Crippen LogP contribution in [-0.2, 0) is 0 Å². The van der Waals surface area contributed by atoms with E-state index in [0.717, 1.165) is 25.9 Å². The van der Waals surface area contributed by atoms with Gasteiger partial charge in [-0.15, -0.1) is 0 Å². The van der Waals surface area contributed by atoms with Crippen molar-refractivity contribution in [1.29, 1.82) is 0 Å². The second kappa shape index (κ2) is 5.63. The van der Waals surface area contributed by atoms with Crippen LogP contribution in [0.25, 0.3) is 0 Å². The number of carboxylic acid groups (broad SMARTS) is 1.